The van der Waals surface area contributed by atoms with E-state index in [4.69, 9.17) is 0 Å². The van der Waals surface area contributed by atoms with Crippen LogP contribution < -0.4 is 4.90 Å². The van der Waals surface area contributed by atoms with Gasteiger partial charge in [-0.25, -0.2) is 4.98 Å². The van der Waals surface area contributed by atoms with Crippen molar-refractivity contribution >= 4 is 5.95 Å². The molecule has 0 aliphatic carbocycles. The minimum absolute atomic E-state index is 0.587. The van der Waals surface area contributed by atoms with Gasteiger partial charge in [-0.05, 0) is 12.8 Å². The zero-order valence-electron chi connectivity index (χ0n) is 8.57. The van der Waals surface area contributed by atoms with Crippen LogP contribution in [0.2, 0.25) is 0 Å². The first-order valence-electron chi connectivity index (χ1n) is 4.98. The molecule has 2 rings (SSSR count). The van der Waals surface area contributed by atoms with Gasteiger partial charge in [0, 0.05) is 31.5 Å². The zero-order valence-corrected chi connectivity index (χ0v) is 8.57. The Hall–Kier alpha value is -0.990. The predicted octanol–water partition coefficient (Wildman–Crippen LogP) is 1.75. The molecule has 0 fully saturated rings. The van der Waals surface area contributed by atoms with E-state index >= 15 is 0 Å². The third-order valence-corrected chi connectivity index (χ3v) is 2.99. The lowest BCUT2D eigenvalue weighted by Gasteiger charge is -2.27. The van der Waals surface area contributed by atoms with Crippen molar-refractivity contribution in [2.45, 2.75) is 33.4 Å². The van der Waals surface area contributed by atoms with Gasteiger partial charge in [0.15, 0.2) is 0 Å². The summed E-state index contributed by atoms with van der Waals surface area (Å²) in [6.45, 7) is 9.00. The highest BCUT2D eigenvalue weighted by Gasteiger charge is 2.25. The third kappa shape index (κ3) is 1.32. The van der Waals surface area contributed by atoms with E-state index < -0.39 is 0 Å². The Bertz CT molecular complexity index is 290. The number of hydrogen-bond donors (Lipinski definition) is 0. The van der Waals surface area contributed by atoms with Crippen LogP contribution in [0.1, 0.15) is 20.8 Å². The molecule has 1 unspecified atom stereocenters. The largest absolute Gasteiger partial charge is 0.338 e. The molecule has 0 aromatic carbocycles. The normalized spacial score (nSPS) is 18.0. The van der Waals surface area contributed by atoms with E-state index in [1.54, 1.807) is 0 Å². The number of fused-ring (bicyclic) bond motifs is 1. The van der Waals surface area contributed by atoms with Crippen molar-refractivity contribution in [2.24, 2.45) is 5.92 Å². The molecule has 1 aliphatic heterocycles. The van der Waals surface area contributed by atoms with Crippen LogP contribution in [-0.4, -0.2) is 22.1 Å². The lowest BCUT2D eigenvalue weighted by molar-refractivity contribution is 0.490. The third-order valence-electron chi connectivity index (χ3n) is 2.99. The Labute approximate surface area is 79.4 Å². The van der Waals surface area contributed by atoms with E-state index in [9.17, 15) is 0 Å². The highest BCUT2D eigenvalue weighted by atomic mass is 15.4. The van der Waals surface area contributed by atoms with Gasteiger partial charge < -0.3 is 9.47 Å². The van der Waals surface area contributed by atoms with Gasteiger partial charge in [0.1, 0.15) is 0 Å². The minimum atomic E-state index is 0.587. The summed E-state index contributed by atoms with van der Waals surface area (Å²) in [5.74, 6) is 1.82. The van der Waals surface area contributed by atoms with Crippen molar-refractivity contribution in [3.05, 3.63) is 12.4 Å². The van der Waals surface area contributed by atoms with Crippen molar-refractivity contribution in [1.82, 2.24) is 9.55 Å². The van der Waals surface area contributed by atoms with Gasteiger partial charge in [-0.2, -0.15) is 0 Å². The molecule has 1 aromatic rings. The maximum atomic E-state index is 4.37. The summed E-state index contributed by atoms with van der Waals surface area (Å²) >= 11 is 0. The summed E-state index contributed by atoms with van der Waals surface area (Å²) in [5.41, 5.74) is 0. The van der Waals surface area contributed by atoms with Crippen LogP contribution in [0.15, 0.2) is 12.4 Å². The summed E-state index contributed by atoms with van der Waals surface area (Å²) < 4.78 is 2.22. The average Bonchev–Trinajstić information content (AvgIpc) is 2.61. The molecule has 0 N–H and O–H groups in total. The van der Waals surface area contributed by atoms with Crippen molar-refractivity contribution in [3.8, 4) is 0 Å². The van der Waals surface area contributed by atoms with Crippen LogP contribution in [0.3, 0.4) is 0 Å². The summed E-state index contributed by atoms with van der Waals surface area (Å²) in [6, 6.07) is 0.587. The highest BCUT2D eigenvalue weighted by Crippen LogP contribution is 2.23. The number of aromatic nitrogens is 2. The molecule has 0 saturated carbocycles. The molecule has 0 bridgehead atoms. The molecule has 1 atom stereocenters. The lowest BCUT2D eigenvalue weighted by Crippen LogP contribution is -2.35. The smallest absolute Gasteiger partial charge is 0.205 e. The Balaban J connectivity index is 2.20. The molecule has 1 aromatic heterocycles. The zero-order chi connectivity index (χ0) is 9.42. The molecule has 3 nitrogen and oxygen atoms in total. The first kappa shape index (κ1) is 8.60. The summed E-state index contributed by atoms with van der Waals surface area (Å²) in [5, 5.41) is 0. The van der Waals surface area contributed by atoms with Gasteiger partial charge in [-0.1, -0.05) is 13.8 Å². The van der Waals surface area contributed by atoms with Crippen molar-refractivity contribution < 1.29 is 0 Å². The molecule has 2 heterocycles. The van der Waals surface area contributed by atoms with Crippen LogP contribution in [0.5, 0.6) is 0 Å². The molecule has 0 radical (unpaired) electrons. The predicted molar refractivity (Wildman–Crippen MR) is 53.9 cm³/mol. The fraction of sp³-hybridized carbons (Fsp3) is 0.700. The van der Waals surface area contributed by atoms with Crippen LogP contribution >= 0.6 is 0 Å². The molecule has 0 amide bonds. The molecular formula is C10H17N3. The van der Waals surface area contributed by atoms with E-state index in [1.807, 2.05) is 6.20 Å². The maximum Gasteiger partial charge on any atom is 0.205 e. The topological polar surface area (TPSA) is 21.1 Å². The number of anilines is 1. The SMILES string of the molecule is CC(C)C(C)N1CCn2ccnc21. The molecular weight excluding hydrogens is 162 g/mol. The molecule has 0 spiro atoms. The Kier molecular flexibility index (Phi) is 2.02. The van der Waals surface area contributed by atoms with Gasteiger partial charge in [-0.15, -0.1) is 0 Å². The summed E-state index contributed by atoms with van der Waals surface area (Å²) in [6.07, 6.45) is 3.94. The van der Waals surface area contributed by atoms with Crippen LogP contribution in [0.25, 0.3) is 0 Å². The average molecular weight is 179 g/mol. The van der Waals surface area contributed by atoms with E-state index in [2.05, 4.69) is 41.4 Å². The maximum absolute atomic E-state index is 4.37. The first-order valence-corrected chi connectivity index (χ1v) is 4.98. The van der Waals surface area contributed by atoms with Gasteiger partial charge in [0.25, 0.3) is 0 Å². The van der Waals surface area contributed by atoms with E-state index in [0.29, 0.717) is 12.0 Å². The summed E-state index contributed by atoms with van der Waals surface area (Å²) in [4.78, 5) is 6.76. The second-order valence-electron chi connectivity index (χ2n) is 4.10. The van der Waals surface area contributed by atoms with Gasteiger partial charge in [0.2, 0.25) is 5.95 Å². The highest BCUT2D eigenvalue weighted by molar-refractivity contribution is 5.36. The van der Waals surface area contributed by atoms with Gasteiger partial charge in [0.05, 0.1) is 0 Å². The Morgan fingerprint density at radius 2 is 2.08 bits per heavy atom. The van der Waals surface area contributed by atoms with Crippen molar-refractivity contribution in [3.63, 3.8) is 0 Å². The molecule has 3 heteroatoms. The fourth-order valence-corrected chi connectivity index (χ4v) is 1.80. The van der Waals surface area contributed by atoms with Crippen molar-refractivity contribution in [1.29, 1.82) is 0 Å². The Morgan fingerprint density at radius 3 is 2.77 bits per heavy atom. The standard InChI is InChI=1S/C10H17N3/c1-8(2)9(3)13-7-6-12-5-4-11-10(12)13/h4-5,8-9H,6-7H2,1-3H3. The van der Waals surface area contributed by atoms with Crippen molar-refractivity contribution in [2.75, 3.05) is 11.4 Å². The molecule has 0 saturated heterocycles. The number of rotatable bonds is 2. The van der Waals surface area contributed by atoms with Crippen LogP contribution in [0.4, 0.5) is 5.95 Å². The quantitative estimate of drug-likeness (QED) is 0.689. The van der Waals surface area contributed by atoms with E-state index in [-0.39, 0.29) is 0 Å². The molecule has 72 valence electrons. The number of hydrogen-bond acceptors (Lipinski definition) is 2. The van der Waals surface area contributed by atoms with E-state index in [0.717, 1.165) is 19.0 Å². The van der Waals surface area contributed by atoms with Crippen LogP contribution in [-0.2, 0) is 6.54 Å². The first-order chi connectivity index (χ1) is 6.20. The molecule has 1 aliphatic rings. The van der Waals surface area contributed by atoms with E-state index in [1.165, 1.54) is 0 Å². The number of nitrogens with zero attached hydrogens (tertiary/aromatic N) is 3. The van der Waals surface area contributed by atoms with Gasteiger partial charge >= 0.3 is 0 Å². The second-order valence-corrected chi connectivity index (χ2v) is 4.10. The molecule has 13 heavy (non-hydrogen) atoms. The monoisotopic (exact) mass is 179 g/mol. The summed E-state index contributed by atoms with van der Waals surface area (Å²) in [7, 11) is 0. The minimum Gasteiger partial charge on any atom is -0.338 e. The Morgan fingerprint density at radius 1 is 1.31 bits per heavy atom. The second kappa shape index (κ2) is 3.05. The lowest BCUT2D eigenvalue weighted by atomic mass is 10.1. The van der Waals surface area contributed by atoms with Gasteiger partial charge in [-0.3, -0.25) is 0 Å². The fourth-order valence-electron chi connectivity index (χ4n) is 1.80. The van der Waals surface area contributed by atoms with Crippen LogP contribution in [0, 0.1) is 5.92 Å². The number of imidazole rings is 1.